The number of benzene rings is 1. The summed E-state index contributed by atoms with van der Waals surface area (Å²) in [6.07, 6.45) is 1.45. The average Bonchev–Trinajstić information content (AvgIpc) is 2.77. The first-order valence-electron chi connectivity index (χ1n) is 3.97. The van der Waals surface area contributed by atoms with Crippen LogP contribution < -0.4 is 5.73 Å². The van der Waals surface area contributed by atoms with Gasteiger partial charge in [0.1, 0.15) is 11.6 Å². The topological polar surface area (TPSA) is 26.0 Å². The third kappa shape index (κ3) is 1.48. The summed E-state index contributed by atoms with van der Waals surface area (Å²) in [6.45, 7) is 0. The Bertz CT molecular complexity index is 361. The van der Waals surface area contributed by atoms with Crippen LogP contribution in [0.2, 0.25) is 0 Å². The molecule has 0 bridgehead atoms. The van der Waals surface area contributed by atoms with Crippen molar-refractivity contribution >= 4 is 15.9 Å². The lowest BCUT2D eigenvalue weighted by molar-refractivity contribution is 0.555. The molecule has 0 heterocycles. The predicted molar refractivity (Wildman–Crippen MR) is 49.2 cm³/mol. The zero-order chi connectivity index (χ0) is 9.64. The monoisotopic (exact) mass is 247 g/mol. The first-order valence-corrected chi connectivity index (χ1v) is 4.76. The number of hydrogen-bond acceptors (Lipinski definition) is 1. The molecular formula is C9H8BrF2N. The Morgan fingerprint density at radius 2 is 1.85 bits per heavy atom. The molecule has 1 aromatic carbocycles. The van der Waals surface area contributed by atoms with Gasteiger partial charge in [-0.2, -0.15) is 0 Å². The molecule has 1 aliphatic carbocycles. The number of rotatable bonds is 1. The molecule has 1 fully saturated rings. The minimum Gasteiger partial charge on any atom is -0.321 e. The fraction of sp³-hybridized carbons (Fsp3) is 0.333. The van der Waals surface area contributed by atoms with Crippen molar-refractivity contribution in [1.29, 1.82) is 0 Å². The number of nitrogens with two attached hydrogens (primary N) is 1. The fourth-order valence-corrected chi connectivity index (χ4v) is 1.62. The van der Waals surface area contributed by atoms with Crippen LogP contribution >= 0.6 is 15.9 Å². The third-order valence-corrected chi connectivity index (χ3v) is 2.94. The molecule has 0 spiro atoms. The molecule has 0 unspecified atom stereocenters. The lowest BCUT2D eigenvalue weighted by atomic mass is 10.1. The van der Waals surface area contributed by atoms with E-state index in [9.17, 15) is 8.78 Å². The van der Waals surface area contributed by atoms with Gasteiger partial charge in [-0.1, -0.05) is 0 Å². The van der Waals surface area contributed by atoms with Gasteiger partial charge in [0.15, 0.2) is 0 Å². The van der Waals surface area contributed by atoms with E-state index in [1.54, 1.807) is 0 Å². The van der Waals surface area contributed by atoms with Crippen LogP contribution in [0.1, 0.15) is 18.4 Å². The van der Waals surface area contributed by atoms with Crippen molar-refractivity contribution in [2.24, 2.45) is 5.73 Å². The molecule has 13 heavy (non-hydrogen) atoms. The van der Waals surface area contributed by atoms with E-state index in [1.807, 2.05) is 0 Å². The summed E-state index contributed by atoms with van der Waals surface area (Å²) < 4.78 is 26.5. The maximum atomic E-state index is 13.3. The zero-order valence-corrected chi connectivity index (χ0v) is 8.37. The summed E-state index contributed by atoms with van der Waals surface area (Å²) in [7, 11) is 0. The summed E-state index contributed by atoms with van der Waals surface area (Å²) in [5.41, 5.74) is 5.43. The smallest absolute Gasteiger partial charge is 0.137 e. The van der Waals surface area contributed by atoms with E-state index in [4.69, 9.17) is 5.73 Å². The minimum atomic E-state index is -0.619. The number of hydrogen-bond donors (Lipinski definition) is 1. The van der Waals surface area contributed by atoms with Crippen LogP contribution in [0.4, 0.5) is 8.78 Å². The van der Waals surface area contributed by atoms with Crippen molar-refractivity contribution in [3.05, 3.63) is 33.8 Å². The minimum absolute atomic E-state index is 0.137. The molecular weight excluding hydrogens is 240 g/mol. The molecule has 0 radical (unpaired) electrons. The van der Waals surface area contributed by atoms with E-state index in [-0.39, 0.29) is 10.0 Å². The molecule has 1 saturated carbocycles. The Labute approximate surface area is 83.1 Å². The SMILES string of the molecule is NC1(c2cc(F)c(Br)cc2F)CC1. The van der Waals surface area contributed by atoms with Gasteiger partial charge in [0, 0.05) is 11.1 Å². The summed E-state index contributed by atoms with van der Waals surface area (Å²) >= 11 is 2.91. The molecule has 4 heteroatoms. The first-order chi connectivity index (χ1) is 6.03. The lowest BCUT2D eigenvalue weighted by Gasteiger charge is -2.10. The van der Waals surface area contributed by atoms with Crippen LogP contribution in [0.15, 0.2) is 16.6 Å². The van der Waals surface area contributed by atoms with Crippen LogP contribution in [0.5, 0.6) is 0 Å². The van der Waals surface area contributed by atoms with Gasteiger partial charge in [-0.25, -0.2) is 8.78 Å². The van der Waals surface area contributed by atoms with Gasteiger partial charge in [-0.3, -0.25) is 0 Å². The van der Waals surface area contributed by atoms with E-state index >= 15 is 0 Å². The third-order valence-electron chi connectivity index (χ3n) is 2.34. The molecule has 0 aromatic heterocycles. The van der Waals surface area contributed by atoms with Crippen LogP contribution in [-0.4, -0.2) is 0 Å². The van der Waals surface area contributed by atoms with E-state index < -0.39 is 17.2 Å². The highest BCUT2D eigenvalue weighted by atomic mass is 79.9. The highest BCUT2D eigenvalue weighted by molar-refractivity contribution is 9.10. The lowest BCUT2D eigenvalue weighted by Crippen LogP contribution is -2.20. The maximum Gasteiger partial charge on any atom is 0.137 e. The Balaban J connectivity index is 2.52. The quantitative estimate of drug-likeness (QED) is 0.759. The summed E-state index contributed by atoms with van der Waals surface area (Å²) in [5.74, 6) is -0.901. The van der Waals surface area contributed by atoms with Crippen molar-refractivity contribution in [3.8, 4) is 0 Å². The van der Waals surface area contributed by atoms with Gasteiger partial charge >= 0.3 is 0 Å². The molecule has 1 aliphatic rings. The van der Waals surface area contributed by atoms with Crippen molar-refractivity contribution in [2.45, 2.75) is 18.4 Å². The zero-order valence-electron chi connectivity index (χ0n) is 6.78. The van der Waals surface area contributed by atoms with Crippen molar-refractivity contribution in [1.82, 2.24) is 0 Å². The molecule has 2 N–H and O–H groups in total. The molecule has 0 saturated heterocycles. The number of halogens is 3. The Morgan fingerprint density at radius 3 is 2.38 bits per heavy atom. The molecule has 70 valence electrons. The summed E-state index contributed by atoms with van der Waals surface area (Å²) in [5, 5.41) is 0. The van der Waals surface area contributed by atoms with Crippen molar-refractivity contribution < 1.29 is 8.78 Å². The molecule has 0 atom stereocenters. The second-order valence-corrected chi connectivity index (χ2v) is 4.26. The highest BCUT2D eigenvalue weighted by Crippen LogP contribution is 2.44. The molecule has 1 nitrogen and oxygen atoms in total. The van der Waals surface area contributed by atoms with Crippen LogP contribution in [0, 0.1) is 11.6 Å². The Kier molecular flexibility index (Phi) is 1.92. The molecule has 1 aromatic rings. The molecule has 2 rings (SSSR count). The Morgan fingerprint density at radius 1 is 1.23 bits per heavy atom. The fourth-order valence-electron chi connectivity index (χ4n) is 1.31. The van der Waals surface area contributed by atoms with Gasteiger partial charge in [-0.05, 0) is 40.9 Å². The normalized spacial score (nSPS) is 18.8. The Hall–Kier alpha value is -0.480. The summed E-state index contributed by atoms with van der Waals surface area (Å²) in [4.78, 5) is 0. The van der Waals surface area contributed by atoms with E-state index in [1.165, 1.54) is 6.07 Å². The van der Waals surface area contributed by atoms with Gasteiger partial charge < -0.3 is 5.73 Å². The first kappa shape index (κ1) is 9.09. The standard InChI is InChI=1S/C9H8BrF2N/c10-6-4-7(11)5(3-8(6)12)9(13)1-2-9/h3-4H,1-2,13H2. The highest BCUT2D eigenvalue weighted by Gasteiger charge is 2.42. The van der Waals surface area contributed by atoms with Crippen LogP contribution in [0.25, 0.3) is 0 Å². The van der Waals surface area contributed by atoms with Gasteiger partial charge in [0.25, 0.3) is 0 Å². The second-order valence-electron chi connectivity index (χ2n) is 3.40. The van der Waals surface area contributed by atoms with E-state index in [2.05, 4.69) is 15.9 Å². The van der Waals surface area contributed by atoms with Gasteiger partial charge in [0.2, 0.25) is 0 Å². The van der Waals surface area contributed by atoms with Gasteiger partial charge in [0.05, 0.1) is 4.47 Å². The van der Waals surface area contributed by atoms with E-state index in [0.29, 0.717) is 0 Å². The van der Waals surface area contributed by atoms with Crippen LogP contribution in [0.3, 0.4) is 0 Å². The van der Waals surface area contributed by atoms with Crippen LogP contribution in [-0.2, 0) is 5.54 Å². The molecule has 0 aliphatic heterocycles. The van der Waals surface area contributed by atoms with Crippen molar-refractivity contribution in [2.75, 3.05) is 0 Å². The summed E-state index contributed by atoms with van der Waals surface area (Å²) in [6, 6.07) is 2.30. The van der Waals surface area contributed by atoms with E-state index in [0.717, 1.165) is 18.9 Å². The second kappa shape index (κ2) is 2.75. The maximum absolute atomic E-state index is 13.3. The predicted octanol–water partition coefficient (Wildman–Crippen LogP) is 2.68. The van der Waals surface area contributed by atoms with Crippen molar-refractivity contribution in [3.63, 3.8) is 0 Å². The average molecular weight is 248 g/mol. The largest absolute Gasteiger partial charge is 0.321 e. The van der Waals surface area contributed by atoms with Gasteiger partial charge in [-0.15, -0.1) is 0 Å². The molecule has 0 amide bonds.